The SMILES string of the molecule is CON(C)C(=O)C1COCC1N. The highest BCUT2D eigenvalue weighted by atomic mass is 16.7. The molecule has 70 valence electrons. The van der Waals surface area contributed by atoms with Gasteiger partial charge in [-0.2, -0.15) is 0 Å². The minimum Gasteiger partial charge on any atom is -0.379 e. The lowest BCUT2D eigenvalue weighted by molar-refractivity contribution is -0.173. The van der Waals surface area contributed by atoms with E-state index in [1.807, 2.05) is 0 Å². The Morgan fingerprint density at radius 1 is 1.67 bits per heavy atom. The second-order valence-corrected chi connectivity index (χ2v) is 2.83. The van der Waals surface area contributed by atoms with Crippen molar-refractivity contribution in [2.45, 2.75) is 6.04 Å². The van der Waals surface area contributed by atoms with E-state index in [1.54, 1.807) is 7.05 Å². The Labute approximate surface area is 71.4 Å². The number of nitrogens with zero attached hydrogens (tertiary/aromatic N) is 1. The molecule has 1 aliphatic rings. The molecular weight excluding hydrogens is 160 g/mol. The van der Waals surface area contributed by atoms with Crippen LogP contribution in [0.5, 0.6) is 0 Å². The average Bonchev–Trinajstić information content (AvgIpc) is 2.48. The summed E-state index contributed by atoms with van der Waals surface area (Å²) in [5.41, 5.74) is 5.64. The van der Waals surface area contributed by atoms with Crippen LogP contribution < -0.4 is 5.73 Å². The van der Waals surface area contributed by atoms with Gasteiger partial charge in [-0.05, 0) is 0 Å². The number of hydrogen-bond acceptors (Lipinski definition) is 4. The second kappa shape index (κ2) is 3.84. The van der Waals surface area contributed by atoms with Gasteiger partial charge < -0.3 is 10.5 Å². The van der Waals surface area contributed by atoms with Crippen LogP contribution in [0.2, 0.25) is 0 Å². The van der Waals surface area contributed by atoms with E-state index in [0.29, 0.717) is 13.2 Å². The van der Waals surface area contributed by atoms with Crippen molar-refractivity contribution >= 4 is 5.91 Å². The lowest BCUT2D eigenvalue weighted by atomic mass is 10.0. The molecule has 0 radical (unpaired) electrons. The van der Waals surface area contributed by atoms with Gasteiger partial charge in [0.15, 0.2) is 0 Å². The van der Waals surface area contributed by atoms with Crippen LogP contribution in [0.3, 0.4) is 0 Å². The number of nitrogens with two attached hydrogens (primary N) is 1. The van der Waals surface area contributed by atoms with Gasteiger partial charge in [-0.1, -0.05) is 0 Å². The maximum atomic E-state index is 11.4. The molecule has 1 aliphatic heterocycles. The molecule has 0 aromatic carbocycles. The first-order valence-corrected chi connectivity index (χ1v) is 3.81. The minimum absolute atomic E-state index is 0.123. The molecular formula is C7H14N2O3. The molecule has 2 atom stereocenters. The highest BCUT2D eigenvalue weighted by Crippen LogP contribution is 2.13. The van der Waals surface area contributed by atoms with Crippen molar-refractivity contribution in [3.05, 3.63) is 0 Å². The van der Waals surface area contributed by atoms with Gasteiger partial charge in [0.1, 0.15) is 0 Å². The molecule has 12 heavy (non-hydrogen) atoms. The first-order chi connectivity index (χ1) is 5.66. The zero-order valence-corrected chi connectivity index (χ0v) is 7.32. The molecule has 0 aromatic rings. The fourth-order valence-electron chi connectivity index (χ4n) is 1.15. The molecule has 1 saturated heterocycles. The number of carbonyl (C=O) groups is 1. The summed E-state index contributed by atoms with van der Waals surface area (Å²) in [5.74, 6) is -0.377. The summed E-state index contributed by atoms with van der Waals surface area (Å²) in [6.45, 7) is 0.849. The number of hydroxylamine groups is 2. The molecule has 0 bridgehead atoms. The normalized spacial score (nSPS) is 28.9. The quantitative estimate of drug-likeness (QED) is 0.544. The fraction of sp³-hybridized carbons (Fsp3) is 0.857. The lowest BCUT2D eigenvalue weighted by Gasteiger charge is -2.19. The lowest BCUT2D eigenvalue weighted by Crippen LogP contribution is -2.41. The number of carbonyl (C=O) groups excluding carboxylic acids is 1. The third-order valence-corrected chi connectivity index (χ3v) is 2.03. The Balaban J connectivity index is 2.51. The van der Waals surface area contributed by atoms with Crippen LogP contribution in [0.1, 0.15) is 0 Å². The van der Waals surface area contributed by atoms with Crippen molar-refractivity contribution in [3.63, 3.8) is 0 Å². The first-order valence-electron chi connectivity index (χ1n) is 3.81. The van der Waals surface area contributed by atoms with Gasteiger partial charge in [0, 0.05) is 13.1 Å². The predicted octanol–water partition coefficient (Wildman–Crippen LogP) is -1.02. The summed E-state index contributed by atoms with van der Waals surface area (Å²) in [4.78, 5) is 16.2. The molecule has 5 heteroatoms. The van der Waals surface area contributed by atoms with E-state index in [2.05, 4.69) is 0 Å². The van der Waals surface area contributed by atoms with E-state index in [1.165, 1.54) is 12.2 Å². The highest BCUT2D eigenvalue weighted by molar-refractivity contribution is 5.78. The maximum Gasteiger partial charge on any atom is 0.252 e. The topological polar surface area (TPSA) is 64.8 Å². The third kappa shape index (κ3) is 1.74. The zero-order chi connectivity index (χ0) is 9.14. The minimum atomic E-state index is -0.255. The Kier molecular flexibility index (Phi) is 3.02. The van der Waals surface area contributed by atoms with Crippen molar-refractivity contribution < 1.29 is 14.4 Å². The summed E-state index contributed by atoms with van der Waals surface area (Å²) in [6.07, 6.45) is 0. The molecule has 1 fully saturated rings. The Morgan fingerprint density at radius 2 is 2.33 bits per heavy atom. The van der Waals surface area contributed by atoms with Gasteiger partial charge in [-0.25, -0.2) is 5.06 Å². The largest absolute Gasteiger partial charge is 0.379 e. The maximum absolute atomic E-state index is 11.4. The van der Waals surface area contributed by atoms with Gasteiger partial charge in [0.05, 0.1) is 26.2 Å². The Bertz CT molecular complexity index is 174. The number of hydrogen-bond donors (Lipinski definition) is 1. The van der Waals surface area contributed by atoms with Crippen LogP contribution in [0, 0.1) is 5.92 Å². The molecule has 1 heterocycles. The summed E-state index contributed by atoms with van der Waals surface area (Å²) in [7, 11) is 3.01. The summed E-state index contributed by atoms with van der Waals surface area (Å²) >= 11 is 0. The molecule has 5 nitrogen and oxygen atoms in total. The van der Waals surface area contributed by atoms with Crippen molar-refractivity contribution in [1.29, 1.82) is 0 Å². The van der Waals surface area contributed by atoms with Crippen LogP contribution in [-0.2, 0) is 14.4 Å². The van der Waals surface area contributed by atoms with Crippen LogP contribution in [0.25, 0.3) is 0 Å². The van der Waals surface area contributed by atoms with E-state index < -0.39 is 0 Å². The van der Waals surface area contributed by atoms with E-state index >= 15 is 0 Å². The van der Waals surface area contributed by atoms with Crippen molar-refractivity contribution in [2.75, 3.05) is 27.4 Å². The van der Waals surface area contributed by atoms with E-state index in [4.69, 9.17) is 15.3 Å². The molecule has 2 N–H and O–H groups in total. The Morgan fingerprint density at radius 3 is 2.75 bits per heavy atom. The van der Waals surface area contributed by atoms with Gasteiger partial charge in [0.25, 0.3) is 5.91 Å². The number of amides is 1. The van der Waals surface area contributed by atoms with E-state index in [0.717, 1.165) is 0 Å². The third-order valence-electron chi connectivity index (χ3n) is 2.03. The van der Waals surface area contributed by atoms with Crippen molar-refractivity contribution in [2.24, 2.45) is 11.7 Å². The van der Waals surface area contributed by atoms with Gasteiger partial charge >= 0.3 is 0 Å². The first kappa shape index (κ1) is 9.44. The Hall–Kier alpha value is -0.650. The van der Waals surface area contributed by atoms with E-state index in [-0.39, 0.29) is 17.9 Å². The van der Waals surface area contributed by atoms with Crippen LogP contribution in [0.4, 0.5) is 0 Å². The molecule has 0 aromatic heterocycles. The number of rotatable bonds is 2. The molecule has 0 aliphatic carbocycles. The van der Waals surface area contributed by atoms with E-state index in [9.17, 15) is 4.79 Å². The summed E-state index contributed by atoms with van der Waals surface area (Å²) in [5, 5.41) is 1.18. The van der Waals surface area contributed by atoms with Crippen LogP contribution >= 0.6 is 0 Å². The summed E-state index contributed by atoms with van der Waals surface area (Å²) in [6, 6.07) is -0.199. The molecule has 2 unspecified atom stereocenters. The molecule has 1 amide bonds. The molecule has 1 rings (SSSR count). The van der Waals surface area contributed by atoms with Crippen LogP contribution in [0.15, 0.2) is 0 Å². The summed E-state index contributed by atoms with van der Waals surface area (Å²) < 4.78 is 5.06. The van der Waals surface area contributed by atoms with Crippen molar-refractivity contribution in [3.8, 4) is 0 Å². The van der Waals surface area contributed by atoms with Gasteiger partial charge in [0.2, 0.25) is 0 Å². The van der Waals surface area contributed by atoms with Crippen molar-refractivity contribution in [1.82, 2.24) is 5.06 Å². The van der Waals surface area contributed by atoms with Gasteiger partial charge in [-0.15, -0.1) is 0 Å². The molecule has 0 saturated carbocycles. The second-order valence-electron chi connectivity index (χ2n) is 2.83. The predicted molar refractivity (Wildman–Crippen MR) is 42.1 cm³/mol. The number of ether oxygens (including phenoxy) is 1. The zero-order valence-electron chi connectivity index (χ0n) is 7.32. The molecule has 0 spiro atoms. The van der Waals surface area contributed by atoms with Gasteiger partial charge in [-0.3, -0.25) is 9.63 Å². The average molecular weight is 174 g/mol. The highest BCUT2D eigenvalue weighted by Gasteiger charge is 2.33. The monoisotopic (exact) mass is 174 g/mol. The fourth-order valence-corrected chi connectivity index (χ4v) is 1.15. The smallest absolute Gasteiger partial charge is 0.252 e. The standard InChI is InChI=1S/C7H14N2O3/c1-9(11-2)7(10)5-3-12-4-6(5)8/h5-6H,3-4,8H2,1-2H3. The van der Waals surface area contributed by atoms with Crippen LogP contribution in [-0.4, -0.2) is 44.4 Å².